The molecule has 0 aromatic carbocycles. The molecule has 18 heavy (non-hydrogen) atoms. The molecule has 102 valence electrons. The number of aromatic nitrogens is 1. The van der Waals surface area contributed by atoms with Crippen molar-refractivity contribution in [3.05, 3.63) is 22.3 Å². The lowest BCUT2D eigenvalue weighted by molar-refractivity contribution is -0.137. The topological polar surface area (TPSA) is 24.9 Å². The van der Waals surface area contributed by atoms with Gasteiger partial charge in [-0.2, -0.15) is 24.9 Å². The number of thioether (sulfide) groups is 1. The Balaban J connectivity index is 2.82. The Kier molecular flexibility index (Phi) is 5.78. The van der Waals surface area contributed by atoms with Crippen LogP contribution in [0.2, 0.25) is 0 Å². The van der Waals surface area contributed by atoms with Crippen molar-refractivity contribution in [1.82, 2.24) is 4.98 Å². The van der Waals surface area contributed by atoms with Crippen LogP contribution in [-0.2, 0) is 6.18 Å². The average Bonchev–Trinajstić information content (AvgIpc) is 2.26. The van der Waals surface area contributed by atoms with Gasteiger partial charge in [-0.05, 0) is 39.9 Å². The third-order valence-electron chi connectivity index (χ3n) is 2.23. The maximum absolute atomic E-state index is 12.8. The molecule has 1 aromatic heterocycles. The molecule has 0 amide bonds. The first kappa shape index (κ1) is 15.6. The molecule has 7 heteroatoms. The van der Waals surface area contributed by atoms with E-state index in [1.165, 1.54) is 6.20 Å². The first-order valence-corrected chi connectivity index (χ1v) is 7.48. The number of hydrogen-bond donors (Lipinski definition) is 1. The largest absolute Gasteiger partial charge is 0.419 e. The van der Waals surface area contributed by atoms with Crippen molar-refractivity contribution in [2.45, 2.75) is 13.1 Å². The minimum atomic E-state index is -4.40. The van der Waals surface area contributed by atoms with Crippen LogP contribution >= 0.6 is 27.7 Å². The predicted molar refractivity (Wildman–Crippen MR) is 73.0 cm³/mol. The first-order valence-electron chi connectivity index (χ1n) is 5.30. The zero-order chi connectivity index (χ0) is 13.8. The number of halogens is 4. The standard InChI is InChI=1S/C11H14BrF3N2S/c1-7(6-18-2)4-16-10-9(11(13,14)15)3-8(12)5-17-10/h3,5,7H,4,6H2,1-2H3,(H,16,17). The molecule has 0 fully saturated rings. The van der Waals surface area contributed by atoms with Crippen molar-refractivity contribution in [1.29, 1.82) is 0 Å². The van der Waals surface area contributed by atoms with Gasteiger partial charge in [0.05, 0.1) is 5.56 Å². The molecule has 1 unspecified atom stereocenters. The molecule has 0 aliphatic carbocycles. The molecule has 0 bridgehead atoms. The van der Waals surface area contributed by atoms with Gasteiger partial charge in [-0.15, -0.1) is 0 Å². The summed E-state index contributed by atoms with van der Waals surface area (Å²) in [7, 11) is 0. The summed E-state index contributed by atoms with van der Waals surface area (Å²) in [4.78, 5) is 3.79. The first-order chi connectivity index (χ1) is 8.34. The molecule has 0 saturated heterocycles. The van der Waals surface area contributed by atoms with Crippen LogP contribution in [0.1, 0.15) is 12.5 Å². The molecule has 1 heterocycles. The van der Waals surface area contributed by atoms with Gasteiger partial charge in [-0.3, -0.25) is 0 Å². The smallest absolute Gasteiger partial charge is 0.369 e. The zero-order valence-electron chi connectivity index (χ0n) is 10.0. The van der Waals surface area contributed by atoms with Crippen LogP contribution in [0, 0.1) is 5.92 Å². The summed E-state index contributed by atoms with van der Waals surface area (Å²) in [6.07, 6.45) is -1.08. The van der Waals surface area contributed by atoms with Gasteiger partial charge in [0, 0.05) is 17.2 Å². The lowest BCUT2D eigenvalue weighted by atomic mass is 10.2. The molecule has 1 aromatic rings. The van der Waals surface area contributed by atoms with Crippen LogP contribution in [0.15, 0.2) is 16.7 Å². The van der Waals surface area contributed by atoms with Crippen molar-refractivity contribution in [2.75, 3.05) is 23.9 Å². The van der Waals surface area contributed by atoms with Gasteiger partial charge in [-0.1, -0.05) is 6.92 Å². The number of alkyl halides is 3. The molecule has 1 rings (SSSR count). The van der Waals surface area contributed by atoms with E-state index in [9.17, 15) is 13.2 Å². The van der Waals surface area contributed by atoms with E-state index in [1.54, 1.807) is 11.8 Å². The Hall–Kier alpha value is -0.430. The second-order valence-electron chi connectivity index (χ2n) is 3.99. The SMILES string of the molecule is CSCC(C)CNc1ncc(Br)cc1C(F)(F)F. The van der Waals surface area contributed by atoms with Gasteiger partial charge in [0.1, 0.15) is 5.82 Å². The van der Waals surface area contributed by atoms with Crippen LogP contribution in [-0.4, -0.2) is 23.5 Å². The van der Waals surface area contributed by atoms with E-state index in [1.807, 2.05) is 13.2 Å². The number of anilines is 1. The van der Waals surface area contributed by atoms with E-state index in [-0.39, 0.29) is 11.7 Å². The maximum Gasteiger partial charge on any atom is 0.419 e. The third kappa shape index (κ3) is 4.68. The van der Waals surface area contributed by atoms with E-state index < -0.39 is 11.7 Å². The number of rotatable bonds is 5. The molecule has 1 atom stereocenters. The molecule has 2 nitrogen and oxygen atoms in total. The fourth-order valence-corrected chi connectivity index (χ4v) is 2.43. The highest BCUT2D eigenvalue weighted by molar-refractivity contribution is 9.10. The summed E-state index contributed by atoms with van der Waals surface area (Å²) in [5.41, 5.74) is -0.742. The van der Waals surface area contributed by atoms with Gasteiger partial charge in [0.2, 0.25) is 0 Å². The second kappa shape index (κ2) is 6.65. The molecule has 1 N–H and O–H groups in total. The van der Waals surface area contributed by atoms with E-state index >= 15 is 0 Å². The summed E-state index contributed by atoms with van der Waals surface area (Å²) in [6, 6.07) is 1.04. The molecular formula is C11H14BrF3N2S. The maximum atomic E-state index is 12.8. The van der Waals surface area contributed by atoms with Crippen molar-refractivity contribution >= 4 is 33.5 Å². The van der Waals surface area contributed by atoms with E-state index in [2.05, 4.69) is 26.2 Å². The highest BCUT2D eigenvalue weighted by Crippen LogP contribution is 2.35. The highest BCUT2D eigenvalue weighted by atomic mass is 79.9. The Labute approximate surface area is 117 Å². The normalized spacial score (nSPS) is 13.4. The zero-order valence-corrected chi connectivity index (χ0v) is 12.4. The fraction of sp³-hybridized carbons (Fsp3) is 0.545. The van der Waals surface area contributed by atoms with E-state index in [4.69, 9.17) is 0 Å². The summed E-state index contributed by atoms with van der Waals surface area (Å²) < 4.78 is 38.7. The molecular weight excluding hydrogens is 329 g/mol. The Morgan fingerprint density at radius 3 is 2.72 bits per heavy atom. The minimum absolute atomic E-state index is 0.112. The third-order valence-corrected chi connectivity index (χ3v) is 3.56. The summed E-state index contributed by atoms with van der Waals surface area (Å²) in [5.74, 6) is 1.07. The molecule has 0 saturated carbocycles. The highest BCUT2D eigenvalue weighted by Gasteiger charge is 2.34. The minimum Gasteiger partial charge on any atom is -0.369 e. The fourth-order valence-electron chi connectivity index (χ4n) is 1.41. The van der Waals surface area contributed by atoms with E-state index in [0.717, 1.165) is 11.8 Å². The Morgan fingerprint density at radius 2 is 2.17 bits per heavy atom. The monoisotopic (exact) mass is 342 g/mol. The molecule has 0 aliphatic rings. The number of nitrogens with zero attached hydrogens (tertiary/aromatic N) is 1. The number of nitrogens with one attached hydrogen (secondary N) is 1. The van der Waals surface area contributed by atoms with E-state index in [0.29, 0.717) is 11.0 Å². The van der Waals surface area contributed by atoms with Gasteiger partial charge in [-0.25, -0.2) is 4.98 Å². The Bertz CT molecular complexity index is 398. The lowest BCUT2D eigenvalue weighted by Gasteiger charge is -2.16. The van der Waals surface area contributed by atoms with Gasteiger partial charge < -0.3 is 5.32 Å². The average molecular weight is 343 g/mol. The summed E-state index contributed by atoms with van der Waals surface area (Å²) in [5, 5.41) is 2.77. The summed E-state index contributed by atoms with van der Waals surface area (Å²) >= 11 is 4.67. The molecule has 0 radical (unpaired) electrons. The molecule has 0 spiro atoms. The van der Waals surface area contributed by atoms with Crippen molar-refractivity contribution in [2.24, 2.45) is 5.92 Å². The second-order valence-corrected chi connectivity index (χ2v) is 5.82. The van der Waals surface area contributed by atoms with Crippen molar-refractivity contribution < 1.29 is 13.2 Å². The molecule has 0 aliphatic heterocycles. The van der Waals surface area contributed by atoms with Crippen LogP contribution < -0.4 is 5.32 Å². The predicted octanol–water partition coefficient (Wildman–Crippen LogP) is 4.27. The van der Waals surface area contributed by atoms with Crippen LogP contribution in [0.25, 0.3) is 0 Å². The quantitative estimate of drug-likeness (QED) is 0.864. The summed E-state index contributed by atoms with van der Waals surface area (Å²) in [6.45, 7) is 2.45. The van der Waals surface area contributed by atoms with Crippen LogP contribution in [0.4, 0.5) is 19.0 Å². The van der Waals surface area contributed by atoms with Gasteiger partial charge in [0.15, 0.2) is 0 Å². The van der Waals surface area contributed by atoms with Gasteiger partial charge in [0.25, 0.3) is 0 Å². The van der Waals surface area contributed by atoms with Crippen LogP contribution in [0.3, 0.4) is 0 Å². The lowest BCUT2D eigenvalue weighted by Crippen LogP contribution is -2.18. The number of pyridine rings is 1. The number of hydrogen-bond acceptors (Lipinski definition) is 3. The van der Waals surface area contributed by atoms with Crippen molar-refractivity contribution in [3.63, 3.8) is 0 Å². The van der Waals surface area contributed by atoms with Crippen molar-refractivity contribution in [3.8, 4) is 0 Å². The van der Waals surface area contributed by atoms with Crippen LogP contribution in [0.5, 0.6) is 0 Å². The van der Waals surface area contributed by atoms with Gasteiger partial charge >= 0.3 is 6.18 Å². The Morgan fingerprint density at radius 1 is 1.50 bits per heavy atom.